The van der Waals surface area contributed by atoms with E-state index in [1.165, 1.54) is 18.4 Å². The summed E-state index contributed by atoms with van der Waals surface area (Å²) in [5.74, 6) is 1.20. The van der Waals surface area contributed by atoms with Gasteiger partial charge in [0.25, 0.3) is 5.91 Å². The number of aromatic nitrogens is 1. The smallest absolute Gasteiger partial charge is 0.257 e. The van der Waals surface area contributed by atoms with Crippen LogP contribution in [0.15, 0.2) is 47.8 Å². The van der Waals surface area contributed by atoms with Gasteiger partial charge in [-0.15, -0.1) is 11.3 Å². The molecule has 0 spiro atoms. The number of methoxy groups -OCH3 is 2. The first kappa shape index (κ1) is 21.1. The molecule has 0 aliphatic carbocycles. The number of amides is 1. The maximum absolute atomic E-state index is 12.6. The van der Waals surface area contributed by atoms with Crippen LogP contribution in [0.4, 0.5) is 5.13 Å². The predicted octanol–water partition coefficient (Wildman–Crippen LogP) is 4.42. The number of nitrogens with zero attached hydrogens (tertiary/aromatic N) is 1. The number of nitrogens with one attached hydrogen (secondary N) is 1. The topological polar surface area (TPSA) is 86.8 Å². The Balaban J connectivity index is 1.71. The van der Waals surface area contributed by atoms with Crippen molar-refractivity contribution >= 4 is 48.8 Å². The standard InChI is InChI=1S/C20H17IN2O5S/c1-26-14-6-3-12(4-7-14)15-11-29-20(22-15)23-19(25)13-5-8-16(17(9-13)27-2)28-10-18(21)24/h3-9,11H,10H2,1-2H3,(H,22,23,25). The van der Waals surface area contributed by atoms with Crippen LogP contribution in [0.25, 0.3) is 11.3 Å². The van der Waals surface area contributed by atoms with Gasteiger partial charge in [-0.1, -0.05) is 0 Å². The van der Waals surface area contributed by atoms with E-state index in [1.54, 1.807) is 47.9 Å². The van der Waals surface area contributed by atoms with E-state index < -0.39 is 0 Å². The van der Waals surface area contributed by atoms with Gasteiger partial charge in [-0.3, -0.25) is 14.9 Å². The maximum atomic E-state index is 12.6. The van der Waals surface area contributed by atoms with Gasteiger partial charge in [0.15, 0.2) is 23.2 Å². The zero-order chi connectivity index (χ0) is 20.8. The number of halogens is 1. The molecular weight excluding hydrogens is 507 g/mol. The molecule has 1 heterocycles. The van der Waals surface area contributed by atoms with Gasteiger partial charge >= 0.3 is 0 Å². The second-order valence-corrected chi connectivity index (χ2v) is 7.79. The van der Waals surface area contributed by atoms with Gasteiger partial charge in [0, 0.05) is 39.1 Å². The molecule has 1 N–H and O–H groups in total. The number of anilines is 1. The predicted molar refractivity (Wildman–Crippen MR) is 120 cm³/mol. The van der Waals surface area contributed by atoms with Crippen LogP contribution >= 0.6 is 33.9 Å². The van der Waals surface area contributed by atoms with Gasteiger partial charge in [0.2, 0.25) is 3.79 Å². The first-order chi connectivity index (χ1) is 14.0. The number of rotatable bonds is 8. The fraction of sp³-hybridized carbons (Fsp3) is 0.150. The van der Waals surface area contributed by atoms with Crippen LogP contribution in [0.2, 0.25) is 0 Å². The highest BCUT2D eigenvalue weighted by Crippen LogP contribution is 2.30. The Morgan fingerprint density at radius 1 is 1.07 bits per heavy atom. The number of carbonyl (C=O) groups excluding carboxylic acids is 2. The molecule has 0 aliphatic heterocycles. The normalized spacial score (nSPS) is 10.3. The van der Waals surface area contributed by atoms with Gasteiger partial charge in [-0.25, -0.2) is 4.98 Å². The van der Waals surface area contributed by atoms with Gasteiger partial charge < -0.3 is 14.2 Å². The molecule has 0 aliphatic rings. The molecule has 150 valence electrons. The summed E-state index contributed by atoms with van der Waals surface area (Å²) in [5, 5.41) is 5.14. The quantitative estimate of drug-likeness (QED) is 0.347. The zero-order valence-corrected chi connectivity index (χ0v) is 18.6. The van der Waals surface area contributed by atoms with E-state index in [-0.39, 0.29) is 16.3 Å². The zero-order valence-electron chi connectivity index (χ0n) is 15.6. The molecule has 0 unspecified atom stereocenters. The number of hydrogen-bond acceptors (Lipinski definition) is 7. The van der Waals surface area contributed by atoms with Crippen molar-refractivity contribution in [1.82, 2.24) is 4.98 Å². The van der Waals surface area contributed by atoms with E-state index in [1.807, 2.05) is 29.6 Å². The number of hydrogen-bond donors (Lipinski definition) is 1. The van der Waals surface area contributed by atoms with Crippen molar-refractivity contribution in [2.24, 2.45) is 0 Å². The molecule has 1 amide bonds. The summed E-state index contributed by atoms with van der Waals surface area (Å²) < 4.78 is 15.7. The number of benzene rings is 2. The molecule has 0 saturated heterocycles. The first-order valence-corrected chi connectivity index (χ1v) is 10.4. The third-order valence-electron chi connectivity index (χ3n) is 3.88. The van der Waals surface area contributed by atoms with Crippen LogP contribution in [-0.4, -0.2) is 35.5 Å². The van der Waals surface area contributed by atoms with Gasteiger partial charge in [0.05, 0.1) is 19.9 Å². The van der Waals surface area contributed by atoms with E-state index in [0.29, 0.717) is 22.2 Å². The van der Waals surface area contributed by atoms with Gasteiger partial charge in [0.1, 0.15) is 5.75 Å². The van der Waals surface area contributed by atoms with Crippen molar-refractivity contribution < 1.29 is 23.8 Å². The van der Waals surface area contributed by atoms with E-state index in [4.69, 9.17) is 14.2 Å². The van der Waals surface area contributed by atoms with Crippen molar-refractivity contribution in [3.05, 3.63) is 53.4 Å². The minimum absolute atomic E-state index is 0.0737. The van der Waals surface area contributed by atoms with Crippen molar-refractivity contribution in [3.63, 3.8) is 0 Å². The third-order valence-corrected chi connectivity index (χ3v) is 4.95. The Hall–Kier alpha value is -2.66. The fourth-order valence-corrected chi connectivity index (χ4v) is 3.33. The Kier molecular flexibility index (Phi) is 7.04. The summed E-state index contributed by atoms with van der Waals surface area (Å²) >= 11 is 2.98. The minimum atomic E-state index is -0.324. The third kappa shape index (κ3) is 5.45. The SMILES string of the molecule is COc1ccc(-c2csc(NC(=O)c3ccc(OCC(=O)I)c(OC)c3)n2)cc1. The molecule has 3 aromatic rings. The summed E-state index contributed by atoms with van der Waals surface area (Å²) in [5.41, 5.74) is 2.07. The van der Waals surface area contributed by atoms with E-state index in [2.05, 4.69) is 10.3 Å². The maximum Gasteiger partial charge on any atom is 0.257 e. The lowest BCUT2D eigenvalue weighted by molar-refractivity contribution is -0.111. The van der Waals surface area contributed by atoms with E-state index in [9.17, 15) is 9.59 Å². The summed E-state index contributed by atoms with van der Waals surface area (Å²) in [6.45, 7) is -0.0737. The summed E-state index contributed by atoms with van der Waals surface area (Å²) in [7, 11) is 3.08. The first-order valence-electron chi connectivity index (χ1n) is 8.40. The molecular formula is C20H17IN2O5S. The van der Waals surface area contributed by atoms with Crippen LogP contribution in [-0.2, 0) is 4.79 Å². The molecule has 0 bridgehead atoms. The highest BCUT2D eigenvalue weighted by molar-refractivity contribution is 14.1. The van der Waals surface area contributed by atoms with Crippen LogP contribution in [0.3, 0.4) is 0 Å². The van der Waals surface area contributed by atoms with Gasteiger partial charge in [-0.05, 0) is 42.5 Å². The van der Waals surface area contributed by atoms with Crippen molar-refractivity contribution in [2.45, 2.75) is 0 Å². The molecule has 29 heavy (non-hydrogen) atoms. The molecule has 3 rings (SSSR count). The van der Waals surface area contributed by atoms with Crippen molar-refractivity contribution in [2.75, 3.05) is 26.1 Å². The second kappa shape index (κ2) is 9.70. The highest BCUT2D eigenvalue weighted by atomic mass is 127. The molecule has 0 saturated carbocycles. The molecule has 9 heteroatoms. The molecule has 0 atom stereocenters. The molecule has 0 radical (unpaired) electrons. The second-order valence-electron chi connectivity index (χ2n) is 5.73. The summed E-state index contributed by atoms with van der Waals surface area (Å²) in [6, 6.07) is 12.3. The Morgan fingerprint density at radius 2 is 1.83 bits per heavy atom. The van der Waals surface area contributed by atoms with Crippen LogP contribution in [0, 0.1) is 0 Å². The number of thiazole rings is 1. The van der Waals surface area contributed by atoms with Crippen LogP contribution in [0.1, 0.15) is 10.4 Å². The average Bonchev–Trinajstić information content (AvgIpc) is 3.20. The Bertz CT molecular complexity index is 1020. The Labute approximate surface area is 185 Å². The molecule has 7 nitrogen and oxygen atoms in total. The summed E-state index contributed by atoms with van der Waals surface area (Å²) in [4.78, 5) is 28.1. The summed E-state index contributed by atoms with van der Waals surface area (Å²) in [6.07, 6.45) is 0. The lowest BCUT2D eigenvalue weighted by Gasteiger charge is -2.10. The Morgan fingerprint density at radius 3 is 2.48 bits per heavy atom. The lowest BCUT2D eigenvalue weighted by atomic mass is 10.2. The number of carbonyl (C=O) groups is 2. The van der Waals surface area contributed by atoms with E-state index in [0.717, 1.165) is 17.0 Å². The van der Waals surface area contributed by atoms with Gasteiger partial charge in [-0.2, -0.15) is 0 Å². The van der Waals surface area contributed by atoms with Crippen molar-refractivity contribution in [1.29, 1.82) is 0 Å². The highest BCUT2D eigenvalue weighted by Gasteiger charge is 2.14. The minimum Gasteiger partial charge on any atom is -0.497 e. The fourth-order valence-electron chi connectivity index (χ4n) is 2.46. The number of ether oxygens (including phenoxy) is 3. The molecule has 0 fully saturated rings. The monoisotopic (exact) mass is 524 g/mol. The largest absolute Gasteiger partial charge is 0.497 e. The van der Waals surface area contributed by atoms with Crippen LogP contribution < -0.4 is 19.5 Å². The lowest BCUT2D eigenvalue weighted by Crippen LogP contribution is -2.12. The van der Waals surface area contributed by atoms with Crippen LogP contribution in [0.5, 0.6) is 17.2 Å². The molecule has 1 aromatic heterocycles. The van der Waals surface area contributed by atoms with Crippen molar-refractivity contribution in [3.8, 4) is 28.5 Å². The van der Waals surface area contributed by atoms with E-state index >= 15 is 0 Å². The molecule has 2 aromatic carbocycles. The average molecular weight is 524 g/mol.